The van der Waals surface area contributed by atoms with Gasteiger partial charge >= 0.3 is 0 Å². The van der Waals surface area contributed by atoms with Crippen molar-refractivity contribution in [2.75, 3.05) is 37.7 Å². The third-order valence-corrected chi connectivity index (χ3v) is 8.98. The number of nitrogens with zero attached hydrogens (tertiary/aromatic N) is 3. The molecule has 33 heavy (non-hydrogen) atoms. The van der Waals surface area contributed by atoms with E-state index < -0.39 is 20.7 Å². The zero-order chi connectivity index (χ0) is 23.5. The van der Waals surface area contributed by atoms with Gasteiger partial charge in [-0.25, -0.2) is 18.9 Å². The van der Waals surface area contributed by atoms with Crippen LogP contribution in [0.3, 0.4) is 0 Å². The van der Waals surface area contributed by atoms with Crippen molar-refractivity contribution in [1.29, 1.82) is 0 Å². The summed E-state index contributed by atoms with van der Waals surface area (Å²) in [6.07, 6.45) is 3.81. The highest BCUT2D eigenvalue weighted by atomic mass is 32.2. The van der Waals surface area contributed by atoms with Crippen LogP contribution in [0.1, 0.15) is 30.9 Å². The molecule has 1 aromatic carbocycles. The van der Waals surface area contributed by atoms with E-state index in [1.807, 2.05) is 41.3 Å². The second-order valence-electron chi connectivity index (χ2n) is 8.50. The molecule has 0 saturated carbocycles. The fraction of sp³-hybridized carbons (Fsp3) is 0.478. The molecular weight excluding hydrogens is 444 g/mol. The summed E-state index contributed by atoms with van der Waals surface area (Å²) in [5.74, 6) is 0.582. The monoisotopic (exact) mass is 474 g/mol. The molecule has 0 atom stereocenters. The van der Waals surface area contributed by atoms with Gasteiger partial charge in [-0.1, -0.05) is 37.6 Å². The van der Waals surface area contributed by atoms with E-state index in [2.05, 4.69) is 11.9 Å². The summed E-state index contributed by atoms with van der Waals surface area (Å²) in [6.45, 7) is 4.12. The average molecular weight is 475 g/mol. The minimum Gasteiger partial charge on any atom is -0.492 e. The van der Waals surface area contributed by atoms with E-state index in [0.717, 1.165) is 29.8 Å². The Morgan fingerprint density at radius 3 is 2.33 bits per heavy atom. The Kier molecular flexibility index (Phi) is 6.87. The molecular formula is C23H30N4O5S. The van der Waals surface area contributed by atoms with Crippen molar-refractivity contribution >= 4 is 21.7 Å². The number of aromatic nitrogens is 1. The van der Waals surface area contributed by atoms with Crippen LogP contribution in [0.25, 0.3) is 0 Å². The van der Waals surface area contributed by atoms with Gasteiger partial charge < -0.3 is 9.64 Å². The normalized spacial score (nSPS) is 18.1. The maximum absolute atomic E-state index is 13.7. The van der Waals surface area contributed by atoms with Crippen molar-refractivity contribution in [3.8, 4) is 5.75 Å². The molecule has 1 fully saturated rings. The van der Waals surface area contributed by atoms with Gasteiger partial charge in [-0.2, -0.15) is 4.31 Å². The van der Waals surface area contributed by atoms with Gasteiger partial charge in [0.05, 0.1) is 12.8 Å². The van der Waals surface area contributed by atoms with E-state index in [1.54, 1.807) is 11.7 Å². The van der Waals surface area contributed by atoms with Gasteiger partial charge in [0.25, 0.3) is 5.91 Å². The molecule has 0 radical (unpaired) electrons. The Bertz CT molecular complexity index is 1060. The van der Waals surface area contributed by atoms with Gasteiger partial charge in [0.1, 0.15) is 11.6 Å². The number of hydroxylamine groups is 1. The highest BCUT2D eigenvalue weighted by molar-refractivity contribution is 7.91. The summed E-state index contributed by atoms with van der Waals surface area (Å²) in [7, 11) is -4.03. The Balaban J connectivity index is 1.46. The Labute approximate surface area is 194 Å². The molecule has 9 nitrogen and oxygen atoms in total. The van der Waals surface area contributed by atoms with Crippen molar-refractivity contribution in [1.82, 2.24) is 14.8 Å². The lowest BCUT2D eigenvalue weighted by atomic mass is 10.1. The maximum Gasteiger partial charge on any atom is 0.266 e. The van der Waals surface area contributed by atoms with Gasteiger partial charge in [-0.15, -0.1) is 0 Å². The number of ether oxygens (including phenoxy) is 1. The van der Waals surface area contributed by atoms with E-state index in [0.29, 0.717) is 25.4 Å². The van der Waals surface area contributed by atoms with Gasteiger partial charge in [0, 0.05) is 39.0 Å². The van der Waals surface area contributed by atoms with E-state index in [-0.39, 0.29) is 25.9 Å². The molecule has 2 aromatic rings. The van der Waals surface area contributed by atoms with Crippen LogP contribution in [0.4, 0.5) is 5.82 Å². The number of amides is 1. The smallest absolute Gasteiger partial charge is 0.266 e. The molecule has 1 saturated heterocycles. The number of sulfonamides is 1. The first-order valence-electron chi connectivity index (χ1n) is 11.3. The SMILES string of the molecule is CCCCOc1ccc(N2CCN(S(=O)(=O)C3(C(=O)NO)Cc4ccccc4C3)CC2)nc1. The predicted octanol–water partition coefficient (Wildman–Crippen LogP) is 1.76. The van der Waals surface area contributed by atoms with Gasteiger partial charge in [0.2, 0.25) is 10.0 Å². The number of fused-ring (bicyclic) bond motifs is 1. The van der Waals surface area contributed by atoms with Crippen LogP contribution < -0.4 is 15.1 Å². The molecule has 2 heterocycles. The molecule has 0 spiro atoms. The fourth-order valence-electron chi connectivity index (χ4n) is 4.53. The van der Waals surface area contributed by atoms with Crippen LogP contribution >= 0.6 is 0 Å². The number of anilines is 1. The number of piperazine rings is 1. The van der Waals surface area contributed by atoms with Crippen molar-refractivity contribution < 1.29 is 23.2 Å². The largest absolute Gasteiger partial charge is 0.492 e. The van der Waals surface area contributed by atoms with Gasteiger partial charge in [-0.3, -0.25) is 10.0 Å². The summed E-state index contributed by atoms with van der Waals surface area (Å²) in [4.78, 5) is 19.2. The number of hydrogen-bond acceptors (Lipinski definition) is 7. The van der Waals surface area contributed by atoms with Crippen molar-refractivity contribution in [3.05, 3.63) is 53.7 Å². The van der Waals surface area contributed by atoms with Crippen LogP contribution in [0.15, 0.2) is 42.6 Å². The Hall–Kier alpha value is -2.69. The van der Waals surface area contributed by atoms with Crippen molar-refractivity contribution in [2.24, 2.45) is 0 Å². The second-order valence-corrected chi connectivity index (χ2v) is 10.8. The van der Waals surface area contributed by atoms with Crippen molar-refractivity contribution in [3.63, 3.8) is 0 Å². The quantitative estimate of drug-likeness (QED) is 0.341. The minimum absolute atomic E-state index is 0.0408. The molecule has 0 bridgehead atoms. The van der Waals surface area contributed by atoms with Crippen molar-refractivity contribution in [2.45, 2.75) is 37.4 Å². The van der Waals surface area contributed by atoms with Gasteiger partial charge in [0.15, 0.2) is 4.75 Å². The van der Waals surface area contributed by atoms with Crippen LogP contribution in [0, 0.1) is 0 Å². The molecule has 1 aliphatic carbocycles. The first-order valence-corrected chi connectivity index (χ1v) is 12.7. The lowest BCUT2D eigenvalue weighted by Crippen LogP contribution is -2.61. The maximum atomic E-state index is 13.7. The van der Waals surface area contributed by atoms with Crippen LogP contribution in [-0.4, -0.2) is 66.4 Å². The molecule has 2 aliphatic rings. The lowest BCUT2D eigenvalue weighted by Gasteiger charge is -2.39. The summed E-state index contributed by atoms with van der Waals surface area (Å²) in [5, 5.41) is 9.37. The Morgan fingerprint density at radius 2 is 1.79 bits per heavy atom. The summed E-state index contributed by atoms with van der Waals surface area (Å²) < 4.78 is 32.7. The van der Waals surface area contributed by atoms with E-state index in [9.17, 15) is 18.4 Å². The first kappa shape index (κ1) is 23.5. The summed E-state index contributed by atoms with van der Waals surface area (Å²) >= 11 is 0. The molecule has 4 rings (SSSR count). The lowest BCUT2D eigenvalue weighted by molar-refractivity contribution is -0.131. The van der Waals surface area contributed by atoms with Crippen LogP contribution in [0.2, 0.25) is 0 Å². The highest BCUT2D eigenvalue weighted by Gasteiger charge is 2.56. The summed E-state index contributed by atoms with van der Waals surface area (Å²) in [5.41, 5.74) is 3.24. The number of hydrogen-bond donors (Lipinski definition) is 2. The zero-order valence-corrected chi connectivity index (χ0v) is 19.6. The van der Waals surface area contributed by atoms with Crippen LogP contribution in [-0.2, 0) is 27.7 Å². The molecule has 178 valence electrons. The fourth-order valence-corrected chi connectivity index (χ4v) is 6.62. The molecule has 1 aromatic heterocycles. The molecule has 0 unspecified atom stereocenters. The third kappa shape index (κ3) is 4.42. The molecule has 2 N–H and O–H groups in total. The number of carbonyl (C=O) groups is 1. The zero-order valence-electron chi connectivity index (χ0n) is 18.7. The molecule has 10 heteroatoms. The molecule has 1 amide bonds. The number of carbonyl (C=O) groups excluding carboxylic acids is 1. The first-order chi connectivity index (χ1) is 15.9. The van der Waals surface area contributed by atoms with Crippen LogP contribution in [0.5, 0.6) is 5.75 Å². The summed E-state index contributed by atoms with van der Waals surface area (Å²) in [6, 6.07) is 11.1. The number of benzene rings is 1. The second kappa shape index (κ2) is 9.66. The predicted molar refractivity (Wildman–Crippen MR) is 124 cm³/mol. The van der Waals surface area contributed by atoms with E-state index in [1.165, 1.54) is 4.31 Å². The average Bonchev–Trinajstić information content (AvgIpc) is 3.26. The van der Waals surface area contributed by atoms with E-state index in [4.69, 9.17) is 4.74 Å². The topological polar surface area (TPSA) is 112 Å². The number of nitrogens with one attached hydrogen (secondary N) is 1. The van der Waals surface area contributed by atoms with Gasteiger partial charge in [-0.05, 0) is 29.7 Å². The Morgan fingerprint density at radius 1 is 1.12 bits per heavy atom. The van der Waals surface area contributed by atoms with E-state index >= 15 is 0 Å². The third-order valence-electron chi connectivity index (χ3n) is 6.47. The highest BCUT2D eigenvalue weighted by Crippen LogP contribution is 2.38. The minimum atomic E-state index is -4.03. The standard InChI is InChI=1S/C23H30N4O5S/c1-2-3-14-32-20-8-9-21(24-17-20)26-10-12-27(13-11-26)33(30,31)23(22(28)25-29)15-18-6-4-5-7-19(18)16-23/h4-9,17,29H,2-3,10-16H2,1H3,(H,25,28). The number of unbranched alkanes of at least 4 members (excludes halogenated alkanes) is 1. The number of pyridine rings is 1. The number of rotatable bonds is 8. The molecule has 1 aliphatic heterocycles.